The number of piperazine rings is 1. The van der Waals surface area contributed by atoms with Gasteiger partial charge in [-0.25, -0.2) is 4.39 Å². The summed E-state index contributed by atoms with van der Waals surface area (Å²) in [5, 5.41) is 0. The molecular formula is C20H27FN2+2. The van der Waals surface area contributed by atoms with Gasteiger partial charge in [0.15, 0.2) is 0 Å². The minimum Gasteiger partial charge on any atom is -0.322 e. The monoisotopic (exact) mass is 314 g/mol. The van der Waals surface area contributed by atoms with E-state index >= 15 is 0 Å². The molecule has 0 radical (unpaired) electrons. The van der Waals surface area contributed by atoms with Crippen molar-refractivity contribution in [2.45, 2.75) is 26.4 Å². The van der Waals surface area contributed by atoms with Crippen molar-refractivity contribution in [3.63, 3.8) is 0 Å². The molecule has 1 heterocycles. The predicted octanol–water partition coefficient (Wildman–Crippen LogP) is 0.872. The van der Waals surface area contributed by atoms with Crippen molar-refractivity contribution in [1.29, 1.82) is 0 Å². The van der Waals surface area contributed by atoms with E-state index in [2.05, 4.69) is 31.2 Å². The average molecular weight is 314 g/mol. The van der Waals surface area contributed by atoms with Gasteiger partial charge >= 0.3 is 0 Å². The molecule has 0 aliphatic carbocycles. The molecule has 1 aliphatic rings. The molecule has 3 rings (SSSR count). The van der Waals surface area contributed by atoms with Gasteiger partial charge in [0, 0.05) is 11.1 Å². The summed E-state index contributed by atoms with van der Waals surface area (Å²) in [7, 11) is 0. The Labute approximate surface area is 138 Å². The van der Waals surface area contributed by atoms with Gasteiger partial charge in [-0.1, -0.05) is 43.3 Å². The van der Waals surface area contributed by atoms with Crippen LogP contribution < -0.4 is 9.80 Å². The zero-order chi connectivity index (χ0) is 16.1. The highest BCUT2D eigenvalue weighted by Crippen LogP contribution is 2.04. The van der Waals surface area contributed by atoms with Crippen molar-refractivity contribution in [3.8, 4) is 0 Å². The van der Waals surface area contributed by atoms with Crippen LogP contribution in [0.5, 0.6) is 0 Å². The molecule has 0 amide bonds. The van der Waals surface area contributed by atoms with Gasteiger partial charge in [-0.2, -0.15) is 0 Å². The van der Waals surface area contributed by atoms with Crippen molar-refractivity contribution in [2.24, 2.45) is 0 Å². The fourth-order valence-corrected chi connectivity index (χ4v) is 3.38. The first kappa shape index (κ1) is 16.2. The fraction of sp³-hybridized carbons (Fsp3) is 0.400. The predicted molar refractivity (Wildman–Crippen MR) is 91.0 cm³/mol. The van der Waals surface area contributed by atoms with E-state index in [1.54, 1.807) is 21.9 Å². The number of benzene rings is 2. The summed E-state index contributed by atoms with van der Waals surface area (Å²) in [6.45, 7) is 9.16. The minimum atomic E-state index is -0.146. The molecule has 1 saturated heterocycles. The lowest BCUT2D eigenvalue weighted by atomic mass is 10.1. The molecule has 2 aromatic carbocycles. The third kappa shape index (κ3) is 4.63. The maximum atomic E-state index is 13.0. The maximum Gasteiger partial charge on any atom is 0.127 e. The van der Waals surface area contributed by atoms with Crippen LogP contribution >= 0.6 is 0 Å². The van der Waals surface area contributed by atoms with Gasteiger partial charge < -0.3 is 9.80 Å². The molecule has 1 fully saturated rings. The van der Waals surface area contributed by atoms with Crippen LogP contribution in [0.4, 0.5) is 4.39 Å². The molecule has 0 saturated carbocycles. The van der Waals surface area contributed by atoms with Crippen LogP contribution in [-0.4, -0.2) is 26.2 Å². The number of nitrogens with one attached hydrogen (secondary N) is 2. The van der Waals surface area contributed by atoms with Crippen molar-refractivity contribution in [1.82, 2.24) is 0 Å². The van der Waals surface area contributed by atoms with Gasteiger partial charge in [-0.3, -0.25) is 0 Å². The number of halogens is 1. The first-order valence-corrected chi connectivity index (χ1v) is 8.72. The highest BCUT2D eigenvalue weighted by atomic mass is 19.1. The summed E-state index contributed by atoms with van der Waals surface area (Å²) in [6, 6.07) is 16.0. The van der Waals surface area contributed by atoms with Gasteiger partial charge in [-0.15, -0.1) is 0 Å². The van der Waals surface area contributed by atoms with Crippen molar-refractivity contribution in [2.75, 3.05) is 26.2 Å². The SMILES string of the molecule is CCc1ccc(C[NH+]2CC[NH+](Cc3ccc(F)cc3)CC2)cc1. The molecule has 2 nitrogen and oxygen atoms in total. The van der Waals surface area contributed by atoms with Crippen LogP contribution in [0, 0.1) is 5.82 Å². The molecule has 2 aromatic rings. The van der Waals surface area contributed by atoms with E-state index in [1.807, 2.05) is 12.1 Å². The van der Waals surface area contributed by atoms with Gasteiger partial charge in [0.2, 0.25) is 0 Å². The van der Waals surface area contributed by atoms with Crippen LogP contribution in [0.1, 0.15) is 23.6 Å². The molecule has 0 aromatic heterocycles. The van der Waals surface area contributed by atoms with E-state index in [4.69, 9.17) is 0 Å². The number of aryl methyl sites for hydroxylation is 1. The second-order valence-electron chi connectivity index (χ2n) is 6.65. The summed E-state index contributed by atoms with van der Waals surface area (Å²) in [5.41, 5.74) is 4.09. The van der Waals surface area contributed by atoms with Gasteiger partial charge in [0.1, 0.15) is 45.1 Å². The molecular weight excluding hydrogens is 287 g/mol. The highest BCUT2D eigenvalue weighted by molar-refractivity contribution is 5.21. The lowest BCUT2D eigenvalue weighted by Gasteiger charge is -2.29. The van der Waals surface area contributed by atoms with Crippen molar-refractivity contribution < 1.29 is 14.2 Å². The summed E-state index contributed by atoms with van der Waals surface area (Å²) in [5.74, 6) is -0.146. The van der Waals surface area contributed by atoms with E-state index in [9.17, 15) is 4.39 Å². The summed E-state index contributed by atoms with van der Waals surface area (Å²) < 4.78 is 13.0. The third-order valence-electron chi connectivity index (χ3n) is 4.92. The molecule has 0 bridgehead atoms. The maximum absolute atomic E-state index is 13.0. The Balaban J connectivity index is 1.47. The summed E-state index contributed by atoms with van der Waals surface area (Å²) in [4.78, 5) is 3.29. The third-order valence-corrected chi connectivity index (χ3v) is 4.92. The summed E-state index contributed by atoms with van der Waals surface area (Å²) >= 11 is 0. The zero-order valence-electron chi connectivity index (χ0n) is 13.9. The van der Waals surface area contributed by atoms with Crippen LogP contribution in [-0.2, 0) is 19.5 Å². The van der Waals surface area contributed by atoms with Crippen molar-refractivity contribution >= 4 is 0 Å². The number of hydrogen-bond donors (Lipinski definition) is 2. The molecule has 23 heavy (non-hydrogen) atoms. The molecule has 122 valence electrons. The first-order chi connectivity index (χ1) is 11.2. The Kier molecular flexibility index (Phi) is 5.42. The molecule has 2 N–H and O–H groups in total. The molecule has 0 spiro atoms. The number of rotatable bonds is 5. The molecule has 1 aliphatic heterocycles. The second-order valence-corrected chi connectivity index (χ2v) is 6.65. The van der Waals surface area contributed by atoms with Crippen LogP contribution in [0.2, 0.25) is 0 Å². The average Bonchev–Trinajstić information content (AvgIpc) is 2.59. The van der Waals surface area contributed by atoms with Gasteiger partial charge in [0.05, 0.1) is 0 Å². The Morgan fingerprint density at radius 1 is 0.696 bits per heavy atom. The second kappa shape index (κ2) is 7.71. The highest BCUT2D eigenvalue weighted by Gasteiger charge is 2.23. The topological polar surface area (TPSA) is 8.88 Å². The van der Waals surface area contributed by atoms with E-state index in [0.717, 1.165) is 19.5 Å². The van der Waals surface area contributed by atoms with Gasteiger partial charge in [0.25, 0.3) is 0 Å². The number of quaternary nitrogens is 2. The molecule has 0 atom stereocenters. The lowest BCUT2D eigenvalue weighted by Crippen LogP contribution is -3.27. The fourth-order valence-electron chi connectivity index (χ4n) is 3.38. The minimum absolute atomic E-state index is 0.146. The molecule has 3 heteroatoms. The van der Waals surface area contributed by atoms with E-state index < -0.39 is 0 Å². The van der Waals surface area contributed by atoms with Crippen LogP contribution in [0.25, 0.3) is 0 Å². The van der Waals surface area contributed by atoms with Crippen molar-refractivity contribution in [3.05, 3.63) is 71.0 Å². The normalized spacial score (nSPS) is 21.3. The summed E-state index contributed by atoms with van der Waals surface area (Å²) in [6.07, 6.45) is 1.11. The zero-order valence-corrected chi connectivity index (χ0v) is 13.9. The first-order valence-electron chi connectivity index (χ1n) is 8.72. The van der Waals surface area contributed by atoms with Crippen LogP contribution in [0.3, 0.4) is 0 Å². The quantitative estimate of drug-likeness (QED) is 0.810. The van der Waals surface area contributed by atoms with E-state index in [-0.39, 0.29) is 5.82 Å². The van der Waals surface area contributed by atoms with Gasteiger partial charge in [-0.05, 0) is 24.1 Å². The smallest absolute Gasteiger partial charge is 0.127 e. The lowest BCUT2D eigenvalue weighted by molar-refractivity contribution is -1.02. The van der Waals surface area contributed by atoms with Crippen LogP contribution in [0.15, 0.2) is 48.5 Å². The Morgan fingerprint density at radius 2 is 1.09 bits per heavy atom. The van der Waals surface area contributed by atoms with E-state index in [0.29, 0.717) is 0 Å². The largest absolute Gasteiger partial charge is 0.322 e. The van der Waals surface area contributed by atoms with E-state index in [1.165, 1.54) is 42.9 Å². The Morgan fingerprint density at radius 3 is 1.52 bits per heavy atom. The molecule has 0 unspecified atom stereocenters. The Hall–Kier alpha value is -1.71. The standard InChI is InChI=1S/C20H25FN2/c1-2-17-3-5-18(6-4-17)15-22-11-13-23(14-12-22)16-19-7-9-20(21)10-8-19/h3-10H,2,11-16H2,1H3/p+2. The Bertz CT molecular complexity index is 599. The number of hydrogen-bond acceptors (Lipinski definition) is 0.